The first-order chi connectivity index (χ1) is 32.5. The summed E-state index contributed by atoms with van der Waals surface area (Å²) in [5, 5.41) is 0. The van der Waals surface area contributed by atoms with Gasteiger partial charge in [0.15, 0.2) is 6.10 Å². The largest absolute Gasteiger partial charge is 0.462 e. The molecule has 6 nitrogen and oxygen atoms in total. The van der Waals surface area contributed by atoms with E-state index < -0.39 is 6.10 Å². The van der Waals surface area contributed by atoms with Crippen LogP contribution in [0.15, 0.2) is 12.2 Å². The Balaban J connectivity index is 3.91. The molecule has 1 atom stereocenters. The van der Waals surface area contributed by atoms with Gasteiger partial charge in [-0.2, -0.15) is 0 Å². The number of carbonyl (C=O) groups excluding carboxylic acids is 3. The van der Waals surface area contributed by atoms with Crippen molar-refractivity contribution in [3.05, 3.63) is 12.2 Å². The van der Waals surface area contributed by atoms with Gasteiger partial charge >= 0.3 is 17.9 Å². The summed E-state index contributed by atoms with van der Waals surface area (Å²) in [4.78, 5) is 37.7. The molecule has 0 rings (SSSR count). The molecule has 0 amide bonds. The van der Waals surface area contributed by atoms with Crippen LogP contribution in [0.1, 0.15) is 335 Å². The molecule has 1 unspecified atom stereocenters. The summed E-state index contributed by atoms with van der Waals surface area (Å²) in [6, 6.07) is 0. The predicted molar refractivity (Wildman–Crippen MR) is 284 cm³/mol. The van der Waals surface area contributed by atoms with Crippen molar-refractivity contribution < 1.29 is 28.6 Å². The van der Waals surface area contributed by atoms with Crippen molar-refractivity contribution in [2.75, 3.05) is 13.2 Å². The Morgan fingerprint density at radius 3 is 0.758 bits per heavy atom. The van der Waals surface area contributed by atoms with E-state index in [0.717, 1.165) is 70.6 Å². The molecular weight excluding hydrogens is 817 g/mol. The van der Waals surface area contributed by atoms with Crippen molar-refractivity contribution >= 4 is 17.9 Å². The van der Waals surface area contributed by atoms with Crippen LogP contribution in [-0.2, 0) is 28.6 Å². The van der Waals surface area contributed by atoms with E-state index in [0.29, 0.717) is 19.3 Å². The Kier molecular flexibility index (Phi) is 54.2. The van der Waals surface area contributed by atoms with Crippen molar-refractivity contribution in [3.8, 4) is 0 Å². The van der Waals surface area contributed by atoms with Crippen LogP contribution in [0, 0.1) is 0 Å². The van der Waals surface area contributed by atoms with E-state index in [1.54, 1.807) is 0 Å². The average Bonchev–Trinajstić information content (AvgIpc) is 3.31. The van der Waals surface area contributed by atoms with Gasteiger partial charge in [-0.25, -0.2) is 0 Å². The number of rotatable bonds is 55. The minimum absolute atomic E-state index is 0.0693. The zero-order valence-corrected chi connectivity index (χ0v) is 44.7. The number of carbonyl (C=O) groups is 3. The second-order valence-electron chi connectivity index (χ2n) is 20.3. The number of hydrogen-bond donors (Lipinski definition) is 0. The Labute approximate surface area is 411 Å². The predicted octanol–water partition coefficient (Wildman–Crippen LogP) is 19.7. The highest BCUT2D eigenvalue weighted by atomic mass is 16.6. The average molecular weight is 932 g/mol. The van der Waals surface area contributed by atoms with Gasteiger partial charge in [0, 0.05) is 19.3 Å². The maximum Gasteiger partial charge on any atom is 0.306 e. The van der Waals surface area contributed by atoms with Crippen LogP contribution in [0.25, 0.3) is 0 Å². The molecule has 0 N–H and O–H groups in total. The summed E-state index contributed by atoms with van der Waals surface area (Å²) < 4.78 is 16.7. The number of hydrogen-bond acceptors (Lipinski definition) is 6. The van der Waals surface area contributed by atoms with E-state index in [1.165, 1.54) is 225 Å². The Morgan fingerprint density at radius 1 is 0.288 bits per heavy atom. The summed E-state index contributed by atoms with van der Waals surface area (Å²) in [5.74, 6) is -0.874. The quantitative estimate of drug-likeness (QED) is 0.0262. The molecule has 0 fully saturated rings. The molecule has 6 heteroatoms. The molecule has 0 aliphatic carbocycles. The second-order valence-corrected chi connectivity index (χ2v) is 20.3. The normalized spacial score (nSPS) is 12.0. The highest BCUT2D eigenvalue weighted by molar-refractivity contribution is 5.71. The van der Waals surface area contributed by atoms with Gasteiger partial charge in [0.05, 0.1) is 0 Å². The molecule has 0 heterocycles. The topological polar surface area (TPSA) is 78.9 Å². The molecule has 0 aromatic rings. The van der Waals surface area contributed by atoms with E-state index in [9.17, 15) is 14.4 Å². The smallest absolute Gasteiger partial charge is 0.306 e. The van der Waals surface area contributed by atoms with Crippen LogP contribution in [-0.4, -0.2) is 37.2 Å². The summed E-state index contributed by atoms with van der Waals surface area (Å²) in [5.41, 5.74) is 0. The second kappa shape index (κ2) is 55.7. The molecule has 66 heavy (non-hydrogen) atoms. The van der Waals surface area contributed by atoms with E-state index >= 15 is 0 Å². The van der Waals surface area contributed by atoms with Gasteiger partial charge in [0.1, 0.15) is 13.2 Å². The third-order valence-corrected chi connectivity index (χ3v) is 13.5. The lowest BCUT2D eigenvalue weighted by molar-refractivity contribution is -0.167. The van der Waals surface area contributed by atoms with Crippen molar-refractivity contribution in [2.45, 2.75) is 341 Å². The Bertz CT molecular complexity index is 1020. The van der Waals surface area contributed by atoms with E-state index in [-0.39, 0.29) is 31.1 Å². The van der Waals surface area contributed by atoms with Crippen LogP contribution < -0.4 is 0 Å². The first-order valence-electron chi connectivity index (χ1n) is 29.7. The van der Waals surface area contributed by atoms with Gasteiger partial charge in [0.2, 0.25) is 0 Å². The molecule has 0 spiro atoms. The van der Waals surface area contributed by atoms with Crippen LogP contribution in [0.4, 0.5) is 0 Å². The SMILES string of the molecule is CCCCCCC/C=C\CCCCCCCC(=O)OC(COC(=O)CCCCCCC)COC(=O)CCCCCCCCCCCCCCCCCCCCCCCCCCCCCCC. The van der Waals surface area contributed by atoms with Crippen molar-refractivity contribution in [1.82, 2.24) is 0 Å². The van der Waals surface area contributed by atoms with Gasteiger partial charge < -0.3 is 14.2 Å². The molecule has 0 radical (unpaired) electrons. The zero-order valence-electron chi connectivity index (χ0n) is 44.7. The summed E-state index contributed by atoms with van der Waals surface area (Å²) in [7, 11) is 0. The lowest BCUT2D eigenvalue weighted by Gasteiger charge is -2.18. The van der Waals surface area contributed by atoms with Gasteiger partial charge in [0.25, 0.3) is 0 Å². The molecule has 390 valence electrons. The van der Waals surface area contributed by atoms with Crippen LogP contribution in [0.5, 0.6) is 0 Å². The maximum absolute atomic E-state index is 12.7. The zero-order chi connectivity index (χ0) is 47.9. The third-order valence-electron chi connectivity index (χ3n) is 13.5. The highest BCUT2D eigenvalue weighted by Gasteiger charge is 2.19. The minimum atomic E-state index is -0.766. The fourth-order valence-electron chi connectivity index (χ4n) is 9.03. The van der Waals surface area contributed by atoms with Crippen LogP contribution in [0.2, 0.25) is 0 Å². The minimum Gasteiger partial charge on any atom is -0.462 e. The fraction of sp³-hybridized carbons (Fsp3) is 0.917. The summed E-state index contributed by atoms with van der Waals surface area (Å²) >= 11 is 0. The summed E-state index contributed by atoms with van der Waals surface area (Å²) in [6.45, 7) is 6.59. The molecular formula is C60H114O6. The van der Waals surface area contributed by atoms with Crippen molar-refractivity contribution in [1.29, 1.82) is 0 Å². The summed E-state index contributed by atoms with van der Waals surface area (Å²) in [6.07, 6.45) is 64.2. The first kappa shape index (κ1) is 64.2. The lowest BCUT2D eigenvalue weighted by Crippen LogP contribution is -2.30. The van der Waals surface area contributed by atoms with Gasteiger partial charge in [-0.3, -0.25) is 14.4 Å². The van der Waals surface area contributed by atoms with Gasteiger partial charge in [-0.15, -0.1) is 0 Å². The number of esters is 3. The van der Waals surface area contributed by atoms with Gasteiger partial charge in [-0.1, -0.05) is 283 Å². The highest BCUT2D eigenvalue weighted by Crippen LogP contribution is 2.18. The Morgan fingerprint density at radius 2 is 0.500 bits per heavy atom. The number of ether oxygens (including phenoxy) is 3. The molecule has 0 saturated heterocycles. The number of unbranched alkanes of at least 4 members (excludes halogenated alkanes) is 42. The monoisotopic (exact) mass is 931 g/mol. The molecule has 0 aromatic carbocycles. The molecule has 0 bridgehead atoms. The number of allylic oxidation sites excluding steroid dienone is 2. The Hall–Kier alpha value is -1.85. The molecule has 0 aliphatic heterocycles. The van der Waals surface area contributed by atoms with Crippen LogP contribution in [0.3, 0.4) is 0 Å². The maximum atomic E-state index is 12.7. The van der Waals surface area contributed by atoms with Crippen LogP contribution >= 0.6 is 0 Å². The van der Waals surface area contributed by atoms with Gasteiger partial charge in [-0.05, 0) is 44.9 Å². The molecule has 0 saturated carbocycles. The fourth-order valence-corrected chi connectivity index (χ4v) is 9.03. The van der Waals surface area contributed by atoms with E-state index in [2.05, 4.69) is 32.9 Å². The third kappa shape index (κ3) is 53.1. The standard InChI is InChI=1S/C60H114O6/c1-4-7-10-13-15-17-19-21-23-24-25-26-27-28-29-30-31-32-33-34-35-36-37-39-40-42-44-47-50-53-59(62)65-56-57(55-64-58(61)52-49-46-12-9-6-3)66-60(63)54-51-48-45-43-41-38-22-20-18-16-14-11-8-5-2/h20,22,57H,4-19,21,23-56H2,1-3H3/b22-20-. The molecule has 0 aromatic heterocycles. The van der Waals surface area contributed by atoms with E-state index in [4.69, 9.17) is 14.2 Å². The van der Waals surface area contributed by atoms with Crippen molar-refractivity contribution in [2.24, 2.45) is 0 Å². The lowest BCUT2D eigenvalue weighted by atomic mass is 10.0. The molecule has 0 aliphatic rings. The van der Waals surface area contributed by atoms with Crippen molar-refractivity contribution in [3.63, 3.8) is 0 Å². The van der Waals surface area contributed by atoms with E-state index in [1.807, 2.05) is 0 Å². The first-order valence-corrected chi connectivity index (χ1v) is 29.7.